The summed E-state index contributed by atoms with van der Waals surface area (Å²) in [4.78, 5) is 37.7. The van der Waals surface area contributed by atoms with E-state index in [-0.39, 0.29) is 32.0 Å². The van der Waals surface area contributed by atoms with Crippen LogP contribution in [0.3, 0.4) is 0 Å². The average molecular weight is 1070 g/mol. The van der Waals surface area contributed by atoms with E-state index in [1.54, 1.807) is 0 Å². The molecule has 9 nitrogen and oxygen atoms in total. The summed E-state index contributed by atoms with van der Waals surface area (Å²) < 4.78 is 34.1. The Hall–Kier alpha value is -0.990. The fourth-order valence-electron chi connectivity index (χ4n) is 10.1. The first-order valence-electron chi connectivity index (χ1n) is 32.7. The number of likely N-dealkylation sites (N-methyl/N-ethyl adjacent to an activating group) is 1. The molecule has 0 heterocycles. The standard InChI is InChI=1S/C64H128NO8P/c1-6-8-10-12-14-16-18-19-20-21-22-23-24-25-26-27-28-29-30-31-32-33-34-35-36-37-38-39-40-41-42-43-44-45-46-47-49-51-53-55-57-64(67)73-62(61-72-74(68,69)71-59-58-65(3,4)5)60-70-63(66)56-54-52-50-48-17-15-13-11-9-7-2/h62H,6-61H2,1-5H3. The Labute approximate surface area is 461 Å². The van der Waals surface area contributed by atoms with E-state index in [2.05, 4.69) is 13.8 Å². The fraction of sp³-hybridized carbons (Fsp3) is 0.969. The molecule has 0 amide bonds. The van der Waals surface area contributed by atoms with E-state index in [0.29, 0.717) is 17.4 Å². The van der Waals surface area contributed by atoms with Crippen LogP contribution in [0.1, 0.15) is 348 Å². The first-order chi connectivity index (χ1) is 36.0. The Morgan fingerprint density at radius 2 is 0.608 bits per heavy atom. The van der Waals surface area contributed by atoms with E-state index in [0.717, 1.165) is 32.1 Å². The highest BCUT2D eigenvalue weighted by atomic mass is 31.2. The summed E-state index contributed by atoms with van der Waals surface area (Å²) >= 11 is 0. The third kappa shape index (κ3) is 60.2. The van der Waals surface area contributed by atoms with E-state index < -0.39 is 26.5 Å². The van der Waals surface area contributed by atoms with Crippen LogP contribution < -0.4 is 4.89 Å². The molecule has 0 aromatic heterocycles. The highest BCUT2D eigenvalue weighted by Gasteiger charge is 2.22. The summed E-state index contributed by atoms with van der Waals surface area (Å²) in [6.45, 7) is 4.28. The molecule has 0 aliphatic rings. The summed E-state index contributed by atoms with van der Waals surface area (Å²) in [5, 5.41) is 0. The van der Waals surface area contributed by atoms with E-state index in [9.17, 15) is 19.0 Å². The Kier molecular flexibility index (Phi) is 56.0. The smallest absolute Gasteiger partial charge is 0.306 e. The maximum absolute atomic E-state index is 12.8. The minimum Gasteiger partial charge on any atom is -0.756 e. The molecule has 0 saturated carbocycles. The molecule has 0 spiro atoms. The van der Waals surface area contributed by atoms with Crippen molar-refractivity contribution in [3.8, 4) is 0 Å². The van der Waals surface area contributed by atoms with Crippen LogP contribution in [0.25, 0.3) is 0 Å². The monoisotopic (exact) mass is 1070 g/mol. The number of esters is 2. The zero-order valence-corrected chi connectivity index (χ0v) is 51.2. The highest BCUT2D eigenvalue weighted by Crippen LogP contribution is 2.38. The molecule has 2 unspecified atom stereocenters. The van der Waals surface area contributed by atoms with E-state index >= 15 is 0 Å². The van der Waals surface area contributed by atoms with Crippen molar-refractivity contribution in [1.82, 2.24) is 0 Å². The van der Waals surface area contributed by atoms with Gasteiger partial charge in [0.2, 0.25) is 0 Å². The molecule has 0 fully saturated rings. The van der Waals surface area contributed by atoms with Crippen LogP contribution in [0, 0.1) is 0 Å². The topological polar surface area (TPSA) is 111 Å². The molecule has 10 heteroatoms. The number of ether oxygens (including phenoxy) is 2. The Bertz CT molecular complexity index is 1210. The normalized spacial score (nSPS) is 13.1. The van der Waals surface area contributed by atoms with Crippen molar-refractivity contribution < 1.29 is 42.1 Å². The maximum Gasteiger partial charge on any atom is 0.306 e. The quantitative estimate of drug-likeness (QED) is 0.0256. The van der Waals surface area contributed by atoms with Crippen molar-refractivity contribution in [2.45, 2.75) is 354 Å². The molecule has 0 aromatic carbocycles. The number of quaternary nitrogens is 1. The van der Waals surface area contributed by atoms with Gasteiger partial charge < -0.3 is 27.9 Å². The average Bonchev–Trinajstić information content (AvgIpc) is 3.36. The number of phosphoric acid groups is 1. The molecule has 0 aliphatic heterocycles. The molecule has 0 bridgehead atoms. The number of nitrogens with zero attached hydrogens (tertiary/aromatic N) is 1. The molecular formula is C64H128NO8P. The summed E-state index contributed by atoms with van der Waals surface area (Å²) in [5.41, 5.74) is 0. The lowest BCUT2D eigenvalue weighted by atomic mass is 10.0. The van der Waals surface area contributed by atoms with Gasteiger partial charge in [-0.25, -0.2) is 0 Å². The van der Waals surface area contributed by atoms with E-state index in [1.807, 2.05) is 21.1 Å². The molecule has 74 heavy (non-hydrogen) atoms. The minimum atomic E-state index is -4.62. The predicted molar refractivity (Wildman–Crippen MR) is 315 cm³/mol. The maximum atomic E-state index is 12.8. The van der Waals surface area contributed by atoms with Crippen molar-refractivity contribution in [1.29, 1.82) is 0 Å². The second-order valence-corrected chi connectivity index (χ2v) is 25.3. The first-order valence-corrected chi connectivity index (χ1v) is 34.2. The Morgan fingerprint density at radius 3 is 0.865 bits per heavy atom. The van der Waals surface area contributed by atoms with Gasteiger partial charge in [-0.3, -0.25) is 14.2 Å². The molecule has 2 atom stereocenters. The van der Waals surface area contributed by atoms with Crippen molar-refractivity contribution >= 4 is 19.8 Å². The van der Waals surface area contributed by atoms with E-state index in [1.165, 1.54) is 283 Å². The van der Waals surface area contributed by atoms with Gasteiger partial charge in [-0.05, 0) is 12.8 Å². The van der Waals surface area contributed by atoms with Gasteiger partial charge in [-0.1, -0.05) is 322 Å². The summed E-state index contributed by atoms with van der Waals surface area (Å²) in [5.74, 6) is -0.815. The lowest BCUT2D eigenvalue weighted by Crippen LogP contribution is -2.37. The summed E-state index contributed by atoms with van der Waals surface area (Å²) in [6.07, 6.45) is 66.5. The molecule has 0 saturated heterocycles. The molecule has 0 aliphatic carbocycles. The van der Waals surface area contributed by atoms with Crippen LogP contribution in [0.2, 0.25) is 0 Å². The number of hydrogen-bond acceptors (Lipinski definition) is 8. The molecule has 442 valence electrons. The third-order valence-corrected chi connectivity index (χ3v) is 16.1. The van der Waals surface area contributed by atoms with Crippen LogP contribution >= 0.6 is 7.82 Å². The predicted octanol–water partition coefficient (Wildman–Crippen LogP) is 20.0. The van der Waals surface area contributed by atoms with Gasteiger partial charge in [0.25, 0.3) is 7.82 Å². The summed E-state index contributed by atoms with van der Waals surface area (Å²) in [6, 6.07) is 0. The Balaban J connectivity index is 3.75. The van der Waals surface area contributed by atoms with Gasteiger partial charge >= 0.3 is 11.9 Å². The summed E-state index contributed by atoms with van der Waals surface area (Å²) in [7, 11) is 1.19. The highest BCUT2D eigenvalue weighted by molar-refractivity contribution is 7.45. The van der Waals surface area contributed by atoms with E-state index in [4.69, 9.17) is 18.5 Å². The molecule has 0 rings (SSSR count). The van der Waals surface area contributed by atoms with Crippen LogP contribution in [-0.2, 0) is 32.7 Å². The lowest BCUT2D eigenvalue weighted by molar-refractivity contribution is -0.870. The second-order valence-electron chi connectivity index (χ2n) is 23.9. The SMILES string of the molecule is CCCCCCCCCCCCCCCCCCCCCCCCCCCCCCCCCCCCCCCCCCC(=O)OC(COC(=O)CCCCCCCCCCCC)COP(=O)([O-])OCC[N+](C)(C)C. The van der Waals surface area contributed by atoms with Gasteiger partial charge in [0.05, 0.1) is 27.7 Å². The number of phosphoric ester groups is 1. The Morgan fingerprint density at radius 1 is 0.365 bits per heavy atom. The molecule has 0 radical (unpaired) electrons. The molecule has 0 aromatic rings. The van der Waals surface area contributed by atoms with Gasteiger partial charge in [0, 0.05) is 12.8 Å². The van der Waals surface area contributed by atoms with Gasteiger partial charge in [0.15, 0.2) is 6.10 Å². The zero-order chi connectivity index (χ0) is 54.2. The van der Waals surface area contributed by atoms with Gasteiger partial charge in [-0.2, -0.15) is 0 Å². The van der Waals surface area contributed by atoms with Crippen LogP contribution in [-0.4, -0.2) is 70.0 Å². The van der Waals surface area contributed by atoms with Crippen molar-refractivity contribution in [3.05, 3.63) is 0 Å². The largest absolute Gasteiger partial charge is 0.756 e. The molecular weight excluding hydrogens is 942 g/mol. The van der Waals surface area contributed by atoms with Crippen molar-refractivity contribution in [2.75, 3.05) is 47.5 Å². The number of rotatable bonds is 62. The van der Waals surface area contributed by atoms with Crippen LogP contribution in [0.5, 0.6) is 0 Å². The van der Waals surface area contributed by atoms with Gasteiger partial charge in [0.1, 0.15) is 19.8 Å². The van der Waals surface area contributed by atoms with Crippen molar-refractivity contribution in [2.24, 2.45) is 0 Å². The zero-order valence-electron chi connectivity index (χ0n) is 50.3. The first kappa shape index (κ1) is 73.0. The number of carbonyl (C=O) groups is 2. The van der Waals surface area contributed by atoms with Crippen LogP contribution in [0.15, 0.2) is 0 Å². The molecule has 0 N–H and O–H groups in total. The fourth-order valence-corrected chi connectivity index (χ4v) is 10.8. The van der Waals surface area contributed by atoms with Gasteiger partial charge in [-0.15, -0.1) is 0 Å². The lowest BCUT2D eigenvalue weighted by Gasteiger charge is -2.28. The third-order valence-electron chi connectivity index (χ3n) is 15.1. The number of hydrogen-bond donors (Lipinski definition) is 0. The number of carbonyl (C=O) groups excluding carboxylic acids is 2. The van der Waals surface area contributed by atoms with Crippen molar-refractivity contribution in [3.63, 3.8) is 0 Å². The minimum absolute atomic E-state index is 0.0254. The van der Waals surface area contributed by atoms with Crippen LogP contribution in [0.4, 0.5) is 0 Å². The second kappa shape index (κ2) is 56.7. The number of unbranched alkanes of at least 4 members (excludes halogenated alkanes) is 48.